The Kier molecular flexibility index (Phi) is 12.1. The van der Waals surface area contributed by atoms with Crippen LogP contribution in [0.2, 0.25) is 0 Å². The minimum atomic E-state index is -1.33. The molecule has 132 valence electrons. The fraction of sp³-hybridized carbons (Fsp3) is 0. The molecule has 26 heavy (non-hydrogen) atoms. The first-order chi connectivity index (χ1) is 11.2. The van der Waals surface area contributed by atoms with Gasteiger partial charge in [0.25, 0.3) is 0 Å². The van der Waals surface area contributed by atoms with Crippen LogP contribution in [-0.4, -0.2) is 23.9 Å². The molecule has 2 rings (SSSR count). The van der Waals surface area contributed by atoms with Gasteiger partial charge in [-0.1, -0.05) is 48.5 Å². The first kappa shape index (κ1) is 25.9. The Morgan fingerprint density at radius 2 is 0.538 bits per heavy atom. The van der Waals surface area contributed by atoms with Crippen molar-refractivity contribution < 1.29 is 81.7 Å². The number of rotatable bonds is 4. The van der Waals surface area contributed by atoms with Gasteiger partial charge in [-0.3, -0.25) is 0 Å². The molecule has 0 aromatic heterocycles. The topological polar surface area (TPSA) is 161 Å². The second-order valence-corrected chi connectivity index (χ2v) is 4.30. The molecule has 0 aliphatic heterocycles. The van der Waals surface area contributed by atoms with Gasteiger partial charge >= 0.3 is 42.1 Å². The number of aromatic carboxylic acids is 4. The summed E-state index contributed by atoms with van der Waals surface area (Å²) in [4.78, 5) is 40.8. The van der Waals surface area contributed by atoms with E-state index in [0.717, 1.165) is 48.5 Å². The van der Waals surface area contributed by atoms with E-state index in [0.29, 0.717) is 0 Å². The summed E-state index contributed by atoms with van der Waals surface area (Å²) in [6.45, 7) is 0. The van der Waals surface area contributed by atoms with Crippen LogP contribution in [0.15, 0.2) is 48.5 Å². The first-order valence-corrected chi connectivity index (χ1v) is 6.28. The number of carboxylic acid groups (broad SMARTS) is 4. The summed E-state index contributed by atoms with van der Waals surface area (Å²) in [5.74, 6) is -5.33. The van der Waals surface area contributed by atoms with Crippen LogP contribution in [0.3, 0.4) is 0 Å². The normalized spacial score (nSPS) is 8.62. The molecular weight excluding hydrogens is 512 g/mol. The van der Waals surface area contributed by atoms with E-state index < -0.39 is 23.9 Å². The van der Waals surface area contributed by atoms with Gasteiger partial charge in [-0.25, -0.2) is 0 Å². The predicted molar refractivity (Wildman–Crippen MR) is 70.2 cm³/mol. The monoisotopic (exact) mass is 524 g/mol. The largest absolute Gasteiger partial charge is 2.00 e. The van der Waals surface area contributed by atoms with Crippen molar-refractivity contribution in [1.29, 1.82) is 0 Å². The average molecular weight is 520 g/mol. The molecule has 0 aliphatic carbocycles. The van der Waals surface area contributed by atoms with Gasteiger partial charge in [0, 0.05) is 0 Å². The van der Waals surface area contributed by atoms with Gasteiger partial charge in [-0.15, -0.1) is 0 Å². The second kappa shape index (κ2) is 12.1. The van der Waals surface area contributed by atoms with Crippen LogP contribution in [0.25, 0.3) is 0 Å². The van der Waals surface area contributed by atoms with Gasteiger partial charge < -0.3 is 39.6 Å². The summed E-state index contributed by atoms with van der Waals surface area (Å²) in [6.07, 6.45) is 0. The average Bonchev–Trinajstić information content (AvgIpc) is 2.55. The van der Waals surface area contributed by atoms with Crippen LogP contribution in [-0.2, 0) is 42.1 Å². The maximum atomic E-state index is 10.2. The summed E-state index contributed by atoms with van der Waals surface area (Å²) in [6, 6.07) is 9.23. The molecule has 0 N–H and O–H groups in total. The Balaban J connectivity index is 0. The number of hydrogen-bond acceptors (Lipinski definition) is 8. The van der Waals surface area contributed by atoms with E-state index in [2.05, 4.69) is 0 Å². The Morgan fingerprint density at radius 1 is 0.423 bits per heavy atom. The Hall–Kier alpha value is -2.30. The summed E-state index contributed by atoms with van der Waals surface area (Å²) in [5.41, 5.74) is -0.222. The molecule has 0 aliphatic rings. The fourth-order valence-electron chi connectivity index (χ4n) is 1.48. The summed E-state index contributed by atoms with van der Waals surface area (Å²) < 4.78 is 0. The Bertz CT molecular complexity index is 636. The SMILES string of the molecule is O=C([O-])c1ccc(C(=O)[O-])cc1.O=C([O-])c1ccc(C(=O)[O-])cc1.[Mo+2].[Mo+2]. The smallest absolute Gasteiger partial charge is 0.545 e. The molecule has 2 aromatic rings. The van der Waals surface area contributed by atoms with Crippen LogP contribution in [0.5, 0.6) is 0 Å². The molecule has 0 bridgehead atoms. The second-order valence-electron chi connectivity index (χ2n) is 4.30. The minimum absolute atomic E-state index is 0. The van der Waals surface area contributed by atoms with Crippen molar-refractivity contribution in [2.45, 2.75) is 0 Å². The minimum Gasteiger partial charge on any atom is -0.545 e. The van der Waals surface area contributed by atoms with Gasteiger partial charge in [-0.2, -0.15) is 0 Å². The van der Waals surface area contributed by atoms with Crippen LogP contribution in [0.1, 0.15) is 41.4 Å². The third-order valence-electron chi connectivity index (χ3n) is 2.71. The van der Waals surface area contributed by atoms with E-state index in [4.69, 9.17) is 0 Å². The fourth-order valence-corrected chi connectivity index (χ4v) is 1.48. The number of benzene rings is 2. The molecule has 0 heterocycles. The third kappa shape index (κ3) is 8.18. The molecular formula is C16H8Mo2O8. The Morgan fingerprint density at radius 3 is 0.615 bits per heavy atom. The number of hydrogen-bond donors (Lipinski definition) is 0. The summed E-state index contributed by atoms with van der Waals surface area (Å²) >= 11 is 0. The molecule has 0 saturated carbocycles. The summed E-state index contributed by atoms with van der Waals surface area (Å²) in [5, 5.41) is 40.8. The van der Waals surface area contributed by atoms with Crippen molar-refractivity contribution in [3.63, 3.8) is 0 Å². The molecule has 10 heteroatoms. The predicted octanol–water partition coefficient (Wildman–Crippen LogP) is -3.18. The van der Waals surface area contributed by atoms with Crippen LogP contribution in [0, 0.1) is 0 Å². The molecule has 0 radical (unpaired) electrons. The maximum absolute atomic E-state index is 10.2. The van der Waals surface area contributed by atoms with Crippen molar-refractivity contribution >= 4 is 23.9 Å². The zero-order chi connectivity index (χ0) is 18.3. The number of carboxylic acids is 4. The van der Waals surface area contributed by atoms with E-state index in [1.807, 2.05) is 0 Å². The molecule has 0 amide bonds. The van der Waals surface area contributed by atoms with Gasteiger partial charge in [0.15, 0.2) is 0 Å². The van der Waals surface area contributed by atoms with Gasteiger partial charge in [0.2, 0.25) is 0 Å². The molecule has 0 unspecified atom stereocenters. The van der Waals surface area contributed by atoms with Crippen molar-refractivity contribution in [2.75, 3.05) is 0 Å². The molecule has 0 spiro atoms. The first-order valence-electron chi connectivity index (χ1n) is 6.28. The summed E-state index contributed by atoms with van der Waals surface area (Å²) in [7, 11) is 0. The zero-order valence-corrected chi connectivity index (χ0v) is 16.7. The molecule has 8 nitrogen and oxygen atoms in total. The standard InChI is InChI=1S/2C8H6O4.2Mo/c2*9-7(10)5-1-2-6(4-3-5)8(11)12;;/h2*1-4H,(H,9,10)(H,11,12);;/q;;2*+2/p-4. The van der Waals surface area contributed by atoms with E-state index in [1.165, 1.54) is 0 Å². The van der Waals surface area contributed by atoms with E-state index in [9.17, 15) is 39.6 Å². The van der Waals surface area contributed by atoms with Crippen molar-refractivity contribution in [3.05, 3.63) is 70.8 Å². The Labute approximate surface area is 176 Å². The van der Waals surface area contributed by atoms with Crippen LogP contribution in [0.4, 0.5) is 0 Å². The van der Waals surface area contributed by atoms with Gasteiger partial charge in [0.05, 0.1) is 23.9 Å². The quantitative estimate of drug-likeness (QED) is 0.382. The molecule has 0 saturated heterocycles. The molecule has 0 fully saturated rings. The van der Waals surface area contributed by atoms with Gasteiger partial charge in [0.1, 0.15) is 0 Å². The van der Waals surface area contributed by atoms with E-state index in [-0.39, 0.29) is 64.4 Å². The number of carbonyl (C=O) groups is 4. The third-order valence-corrected chi connectivity index (χ3v) is 2.71. The van der Waals surface area contributed by atoms with Crippen molar-refractivity contribution in [3.8, 4) is 0 Å². The van der Waals surface area contributed by atoms with Crippen molar-refractivity contribution in [2.24, 2.45) is 0 Å². The molecule has 0 atom stereocenters. The van der Waals surface area contributed by atoms with Crippen molar-refractivity contribution in [1.82, 2.24) is 0 Å². The number of carbonyl (C=O) groups excluding carboxylic acids is 4. The maximum Gasteiger partial charge on any atom is 2.00 e. The van der Waals surface area contributed by atoms with E-state index in [1.54, 1.807) is 0 Å². The molecule has 2 aromatic carbocycles. The van der Waals surface area contributed by atoms with Crippen LogP contribution < -0.4 is 20.4 Å². The van der Waals surface area contributed by atoms with Crippen LogP contribution >= 0.6 is 0 Å². The van der Waals surface area contributed by atoms with Gasteiger partial charge in [-0.05, 0) is 22.3 Å². The zero-order valence-electron chi connectivity index (χ0n) is 12.7. The van der Waals surface area contributed by atoms with E-state index >= 15 is 0 Å².